The van der Waals surface area contributed by atoms with E-state index in [1.165, 1.54) is 23.5 Å². The van der Waals surface area contributed by atoms with Crippen molar-refractivity contribution in [2.24, 2.45) is 0 Å². The topological polar surface area (TPSA) is 117 Å². The summed E-state index contributed by atoms with van der Waals surface area (Å²) in [6.45, 7) is 0. The lowest BCUT2D eigenvalue weighted by Crippen LogP contribution is -2.17. The number of carbonyl (C=O) groups excluding carboxylic acids is 1. The van der Waals surface area contributed by atoms with E-state index < -0.39 is 0 Å². The van der Waals surface area contributed by atoms with Crippen LogP contribution in [0.3, 0.4) is 0 Å². The van der Waals surface area contributed by atoms with Crippen molar-refractivity contribution in [2.45, 2.75) is 5.16 Å². The molecule has 0 fully saturated rings. The van der Waals surface area contributed by atoms with Crippen LogP contribution in [0.15, 0.2) is 47.9 Å². The molecule has 2 aromatic heterocycles. The minimum atomic E-state index is -0.225. The zero-order chi connectivity index (χ0) is 19.2. The molecule has 2 heterocycles. The molecule has 1 aromatic carbocycles. The average molecular weight is 386 g/mol. The number of nitrogens with two attached hydrogens (primary N) is 1. The van der Waals surface area contributed by atoms with Gasteiger partial charge < -0.3 is 20.6 Å². The monoisotopic (exact) mass is 386 g/mol. The minimum Gasteiger partial charge on any atom is -0.497 e. The summed E-state index contributed by atoms with van der Waals surface area (Å²) in [5.74, 6) is 7.57. The Morgan fingerprint density at radius 3 is 2.67 bits per heavy atom. The number of rotatable bonds is 7. The standard InChI is InChI=1S/C17H18N6O3S/c1-25-12-3-4-13(14(9-12)26-2)20-15(24)10-27-17-22-21-16(23(17)18)11-5-7-19-8-6-11/h3-9H,10,18H2,1-2H3,(H,20,24). The number of amides is 1. The molecule has 0 unspecified atom stereocenters. The van der Waals surface area contributed by atoms with Gasteiger partial charge in [-0.25, -0.2) is 4.68 Å². The van der Waals surface area contributed by atoms with Crippen molar-refractivity contribution in [3.63, 3.8) is 0 Å². The van der Waals surface area contributed by atoms with Gasteiger partial charge in [-0.15, -0.1) is 10.2 Å². The van der Waals surface area contributed by atoms with E-state index in [-0.39, 0.29) is 11.7 Å². The van der Waals surface area contributed by atoms with Gasteiger partial charge in [0.15, 0.2) is 5.82 Å². The van der Waals surface area contributed by atoms with Gasteiger partial charge in [0.25, 0.3) is 0 Å². The molecule has 1 amide bonds. The van der Waals surface area contributed by atoms with E-state index in [2.05, 4.69) is 20.5 Å². The first kappa shape index (κ1) is 18.5. The Hall–Kier alpha value is -3.27. The molecule has 0 atom stereocenters. The molecule has 0 spiro atoms. The number of nitrogens with one attached hydrogen (secondary N) is 1. The van der Waals surface area contributed by atoms with Gasteiger partial charge in [-0.3, -0.25) is 9.78 Å². The lowest BCUT2D eigenvalue weighted by Gasteiger charge is -2.11. The summed E-state index contributed by atoms with van der Waals surface area (Å²) in [6.07, 6.45) is 3.29. The van der Waals surface area contributed by atoms with Gasteiger partial charge in [-0.05, 0) is 24.3 Å². The lowest BCUT2D eigenvalue weighted by atomic mass is 10.2. The van der Waals surface area contributed by atoms with Gasteiger partial charge in [-0.2, -0.15) is 0 Å². The van der Waals surface area contributed by atoms with Gasteiger partial charge in [0.05, 0.1) is 25.7 Å². The third kappa shape index (κ3) is 4.29. The fourth-order valence-corrected chi connectivity index (χ4v) is 2.95. The summed E-state index contributed by atoms with van der Waals surface area (Å²) in [5.41, 5.74) is 1.34. The maximum absolute atomic E-state index is 12.3. The highest BCUT2D eigenvalue weighted by Gasteiger charge is 2.15. The van der Waals surface area contributed by atoms with Gasteiger partial charge in [0, 0.05) is 24.0 Å². The number of methoxy groups -OCH3 is 2. The number of carbonyl (C=O) groups is 1. The Bertz CT molecular complexity index is 932. The highest BCUT2D eigenvalue weighted by Crippen LogP contribution is 2.29. The van der Waals surface area contributed by atoms with E-state index in [4.69, 9.17) is 15.3 Å². The number of thioether (sulfide) groups is 1. The SMILES string of the molecule is COc1ccc(NC(=O)CSc2nnc(-c3ccncc3)n2N)c(OC)c1. The van der Waals surface area contributed by atoms with E-state index in [1.807, 2.05) is 0 Å². The highest BCUT2D eigenvalue weighted by atomic mass is 32.2. The average Bonchev–Trinajstić information content (AvgIpc) is 3.07. The van der Waals surface area contributed by atoms with Crippen molar-refractivity contribution >= 4 is 23.4 Å². The molecule has 140 valence electrons. The van der Waals surface area contributed by atoms with Gasteiger partial charge in [0.2, 0.25) is 11.1 Å². The largest absolute Gasteiger partial charge is 0.497 e. The number of hydrogen-bond acceptors (Lipinski definition) is 8. The first-order valence-electron chi connectivity index (χ1n) is 7.88. The van der Waals surface area contributed by atoms with Crippen LogP contribution in [0.25, 0.3) is 11.4 Å². The molecule has 0 radical (unpaired) electrons. The number of pyridine rings is 1. The summed E-state index contributed by atoms with van der Waals surface area (Å²) in [7, 11) is 3.09. The highest BCUT2D eigenvalue weighted by molar-refractivity contribution is 7.99. The fourth-order valence-electron chi connectivity index (χ4n) is 2.29. The number of ether oxygens (including phenoxy) is 2. The van der Waals surface area contributed by atoms with E-state index in [1.54, 1.807) is 49.8 Å². The first-order chi connectivity index (χ1) is 13.1. The summed E-state index contributed by atoms with van der Waals surface area (Å²) < 4.78 is 11.8. The van der Waals surface area contributed by atoms with Crippen LogP contribution in [0.2, 0.25) is 0 Å². The Morgan fingerprint density at radius 1 is 1.19 bits per heavy atom. The second kappa shape index (κ2) is 8.41. The van der Waals surface area contributed by atoms with Crippen LogP contribution in [0, 0.1) is 0 Å². The van der Waals surface area contributed by atoms with Gasteiger partial charge in [-0.1, -0.05) is 11.8 Å². The molecule has 3 N–H and O–H groups in total. The third-order valence-corrected chi connectivity index (χ3v) is 4.56. The number of hydrogen-bond donors (Lipinski definition) is 2. The maximum Gasteiger partial charge on any atom is 0.234 e. The van der Waals surface area contributed by atoms with Gasteiger partial charge >= 0.3 is 0 Å². The van der Waals surface area contributed by atoms with Crippen molar-refractivity contribution < 1.29 is 14.3 Å². The van der Waals surface area contributed by atoms with Crippen LogP contribution in [0.4, 0.5) is 5.69 Å². The molecule has 0 bridgehead atoms. The molecule has 9 nitrogen and oxygen atoms in total. The van der Waals surface area contributed by atoms with E-state index in [0.29, 0.717) is 28.2 Å². The summed E-state index contributed by atoms with van der Waals surface area (Å²) >= 11 is 1.18. The second-order valence-corrected chi connectivity index (χ2v) is 6.26. The third-order valence-electron chi connectivity index (χ3n) is 3.62. The number of benzene rings is 1. The number of aromatic nitrogens is 4. The van der Waals surface area contributed by atoms with Crippen LogP contribution < -0.4 is 20.6 Å². The Morgan fingerprint density at radius 2 is 1.96 bits per heavy atom. The Balaban J connectivity index is 1.64. The molecule has 0 aliphatic rings. The van der Waals surface area contributed by atoms with Gasteiger partial charge in [0.1, 0.15) is 11.5 Å². The number of anilines is 1. The zero-order valence-electron chi connectivity index (χ0n) is 14.7. The quantitative estimate of drug-likeness (QED) is 0.466. The summed E-state index contributed by atoms with van der Waals surface area (Å²) in [6, 6.07) is 8.71. The summed E-state index contributed by atoms with van der Waals surface area (Å²) in [5, 5.41) is 11.3. The molecule has 3 rings (SSSR count). The van der Waals surface area contributed by atoms with Crippen LogP contribution in [-0.4, -0.2) is 45.7 Å². The van der Waals surface area contributed by atoms with Crippen LogP contribution >= 0.6 is 11.8 Å². The van der Waals surface area contributed by atoms with Crippen molar-refractivity contribution in [3.05, 3.63) is 42.7 Å². The van der Waals surface area contributed by atoms with E-state index >= 15 is 0 Å². The van der Waals surface area contributed by atoms with Crippen LogP contribution in [0.1, 0.15) is 0 Å². The number of nitrogens with zero attached hydrogens (tertiary/aromatic N) is 4. The van der Waals surface area contributed by atoms with E-state index in [9.17, 15) is 4.79 Å². The smallest absolute Gasteiger partial charge is 0.234 e. The lowest BCUT2D eigenvalue weighted by molar-refractivity contribution is -0.113. The zero-order valence-corrected chi connectivity index (χ0v) is 15.6. The van der Waals surface area contributed by atoms with Crippen molar-refractivity contribution in [1.29, 1.82) is 0 Å². The molecule has 10 heteroatoms. The normalized spacial score (nSPS) is 10.4. The molecular formula is C17H18N6O3S. The molecular weight excluding hydrogens is 368 g/mol. The Labute approximate surface area is 159 Å². The predicted molar refractivity (Wildman–Crippen MR) is 102 cm³/mol. The second-order valence-electron chi connectivity index (χ2n) is 5.32. The van der Waals surface area contributed by atoms with Crippen LogP contribution in [-0.2, 0) is 4.79 Å². The van der Waals surface area contributed by atoms with E-state index in [0.717, 1.165) is 5.56 Å². The molecule has 0 saturated heterocycles. The maximum atomic E-state index is 12.3. The van der Waals surface area contributed by atoms with Crippen molar-refractivity contribution in [3.8, 4) is 22.9 Å². The predicted octanol–water partition coefficient (Wildman–Crippen LogP) is 1.80. The molecule has 27 heavy (non-hydrogen) atoms. The molecule has 0 saturated carbocycles. The van der Waals surface area contributed by atoms with Crippen molar-refractivity contribution in [2.75, 3.05) is 31.1 Å². The first-order valence-corrected chi connectivity index (χ1v) is 8.86. The number of nitrogen functional groups attached to an aromatic ring is 1. The molecule has 0 aliphatic carbocycles. The Kier molecular flexibility index (Phi) is 5.77. The molecule has 3 aromatic rings. The van der Waals surface area contributed by atoms with Crippen molar-refractivity contribution in [1.82, 2.24) is 19.9 Å². The summed E-state index contributed by atoms with van der Waals surface area (Å²) in [4.78, 5) is 16.2. The van der Waals surface area contributed by atoms with Crippen LogP contribution in [0.5, 0.6) is 11.5 Å². The fraction of sp³-hybridized carbons (Fsp3) is 0.176. The molecule has 0 aliphatic heterocycles. The minimum absolute atomic E-state index is 0.112.